The Morgan fingerprint density at radius 1 is 0.839 bits per heavy atom. The Labute approximate surface area is 196 Å². The molecule has 0 saturated carbocycles. The number of benzene rings is 2. The van der Waals surface area contributed by atoms with Crippen LogP contribution in [0.3, 0.4) is 0 Å². The number of hydrogen-bond acceptors (Lipinski definition) is 3. The zero-order valence-electron chi connectivity index (χ0n) is 17.2. The maximum atomic E-state index is 5.01. The summed E-state index contributed by atoms with van der Waals surface area (Å²) in [5.41, 5.74) is 5.25. The van der Waals surface area contributed by atoms with Crippen molar-refractivity contribution in [2.45, 2.75) is 19.3 Å². The van der Waals surface area contributed by atoms with Crippen molar-refractivity contribution in [2.24, 2.45) is 0 Å². The van der Waals surface area contributed by atoms with Crippen molar-refractivity contribution in [1.82, 2.24) is 19.7 Å². The Hall–Kier alpha value is -3.10. The molecule has 0 atom stereocenters. The summed E-state index contributed by atoms with van der Waals surface area (Å²) in [5, 5.41) is 5.86. The minimum absolute atomic E-state index is 0. The second-order valence-corrected chi connectivity index (χ2v) is 7.72. The Kier molecular flexibility index (Phi) is 5.84. The van der Waals surface area contributed by atoms with Crippen LogP contribution in [0.1, 0.15) is 25.2 Å². The molecule has 5 rings (SSSR count). The third-order valence-electron chi connectivity index (χ3n) is 5.40. The topological polar surface area (TPSA) is 43.6 Å². The van der Waals surface area contributed by atoms with Gasteiger partial charge in [-0.3, -0.25) is 9.67 Å². The summed E-state index contributed by atoms with van der Waals surface area (Å²) >= 11 is 0. The molecule has 5 aromatic rings. The molecular formula is C26H20N4Pt. The van der Waals surface area contributed by atoms with Gasteiger partial charge in [-0.15, -0.1) is 17.5 Å². The van der Waals surface area contributed by atoms with Crippen LogP contribution in [-0.4, -0.2) is 19.7 Å². The maximum absolute atomic E-state index is 5.01. The van der Waals surface area contributed by atoms with Gasteiger partial charge < -0.3 is 4.98 Å². The number of aromatic nitrogens is 4. The fraction of sp³-hybridized carbons (Fsp3) is 0.115. The van der Waals surface area contributed by atoms with Crippen molar-refractivity contribution >= 4 is 10.9 Å². The van der Waals surface area contributed by atoms with E-state index in [9.17, 15) is 0 Å². The number of pyridine rings is 2. The largest absolute Gasteiger partial charge is 2.00 e. The van der Waals surface area contributed by atoms with Gasteiger partial charge in [0, 0.05) is 22.8 Å². The zero-order valence-corrected chi connectivity index (χ0v) is 19.5. The molecule has 0 spiro atoms. The number of hydrogen-bond donors (Lipinski definition) is 0. The molecule has 0 aliphatic carbocycles. The van der Waals surface area contributed by atoms with Gasteiger partial charge in [0.25, 0.3) is 0 Å². The van der Waals surface area contributed by atoms with Gasteiger partial charge in [-0.1, -0.05) is 24.3 Å². The first-order valence-electron chi connectivity index (χ1n) is 9.89. The van der Waals surface area contributed by atoms with Crippen molar-refractivity contribution < 1.29 is 21.1 Å². The van der Waals surface area contributed by atoms with Crippen LogP contribution < -0.4 is 0 Å². The van der Waals surface area contributed by atoms with E-state index in [0.717, 1.165) is 39.2 Å². The average Bonchev–Trinajstić information content (AvgIpc) is 3.31. The predicted molar refractivity (Wildman–Crippen MR) is 118 cm³/mol. The standard InChI is InChI=1S/C26H20N4.Pt/c1-26(2,25-16-18-30(29-25)19-9-4-3-5-10-19)24-14-8-13-23(28-24)21-15-17-27-22-12-7-6-11-20(21)22;/h3-9,11-14,16-18H,1-2H3;/q-2;+2. The van der Waals surface area contributed by atoms with Crippen LogP contribution in [0.25, 0.3) is 27.8 Å². The molecule has 0 amide bonds. The number of fused-ring (bicyclic) bond motifs is 1. The van der Waals surface area contributed by atoms with Crippen LogP contribution in [0, 0.1) is 12.1 Å². The molecule has 4 nitrogen and oxygen atoms in total. The molecule has 0 radical (unpaired) electrons. The Balaban J connectivity index is 0.00000231. The number of nitrogens with zero attached hydrogens (tertiary/aromatic N) is 4. The zero-order chi connectivity index (χ0) is 20.6. The van der Waals surface area contributed by atoms with E-state index in [2.05, 4.69) is 43.1 Å². The van der Waals surface area contributed by atoms with E-state index >= 15 is 0 Å². The SMILES string of the molecule is CC(C)(c1cccc(-c2[c-]cnc3ccccc23)n1)c1ccn(-c2[c-]cccc2)n1.[Pt+2]. The molecule has 0 bridgehead atoms. The third-order valence-corrected chi connectivity index (χ3v) is 5.40. The number of rotatable bonds is 4. The minimum atomic E-state index is -0.362. The Morgan fingerprint density at radius 2 is 1.68 bits per heavy atom. The summed E-state index contributed by atoms with van der Waals surface area (Å²) < 4.78 is 1.85. The molecule has 3 heterocycles. The molecule has 0 aliphatic rings. The summed E-state index contributed by atoms with van der Waals surface area (Å²) in [6.07, 6.45) is 3.69. The van der Waals surface area contributed by atoms with E-state index in [1.165, 1.54) is 0 Å². The van der Waals surface area contributed by atoms with E-state index < -0.39 is 0 Å². The normalized spacial score (nSPS) is 11.3. The van der Waals surface area contributed by atoms with Crippen LogP contribution in [0.15, 0.2) is 85.2 Å². The quantitative estimate of drug-likeness (QED) is 0.266. The smallest absolute Gasteiger partial charge is 0.316 e. The number of para-hydroxylation sites is 2. The predicted octanol–water partition coefficient (Wildman–Crippen LogP) is 5.41. The van der Waals surface area contributed by atoms with E-state index in [4.69, 9.17) is 10.1 Å². The van der Waals surface area contributed by atoms with Gasteiger partial charge in [0.2, 0.25) is 0 Å². The van der Waals surface area contributed by atoms with Crippen LogP contribution in [-0.2, 0) is 26.5 Å². The van der Waals surface area contributed by atoms with Crippen LogP contribution in [0.2, 0.25) is 0 Å². The molecule has 3 aromatic heterocycles. The van der Waals surface area contributed by atoms with Crippen LogP contribution in [0.4, 0.5) is 0 Å². The van der Waals surface area contributed by atoms with Crippen molar-refractivity contribution in [3.05, 3.63) is 109 Å². The summed E-state index contributed by atoms with van der Waals surface area (Å²) in [6, 6.07) is 30.6. The Bertz CT molecular complexity index is 1320. The van der Waals surface area contributed by atoms with Gasteiger partial charge in [0.1, 0.15) is 0 Å². The first-order chi connectivity index (χ1) is 14.6. The second-order valence-electron chi connectivity index (χ2n) is 7.72. The maximum Gasteiger partial charge on any atom is 2.00 e. The summed E-state index contributed by atoms with van der Waals surface area (Å²) in [7, 11) is 0. The van der Waals surface area contributed by atoms with Gasteiger partial charge in [-0.25, -0.2) is 0 Å². The fourth-order valence-corrected chi connectivity index (χ4v) is 3.62. The van der Waals surface area contributed by atoms with Crippen molar-refractivity contribution in [3.63, 3.8) is 0 Å². The summed E-state index contributed by atoms with van der Waals surface area (Å²) in [4.78, 5) is 9.43. The summed E-state index contributed by atoms with van der Waals surface area (Å²) in [6.45, 7) is 4.30. The molecule has 31 heavy (non-hydrogen) atoms. The fourth-order valence-electron chi connectivity index (χ4n) is 3.62. The van der Waals surface area contributed by atoms with Crippen LogP contribution >= 0.6 is 0 Å². The van der Waals surface area contributed by atoms with Crippen molar-refractivity contribution in [3.8, 4) is 16.9 Å². The van der Waals surface area contributed by atoms with E-state index in [1.807, 2.05) is 71.5 Å². The van der Waals surface area contributed by atoms with Gasteiger partial charge in [-0.2, -0.15) is 41.0 Å². The Morgan fingerprint density at radius 3 is 2.52 bits per heavy atom. The van der Waals surface area contributed by atoms with Crippen molar-refractivity contribution in [1.29, 1.82) is 0 Å². The van der Waals surface area contributed by atoms with Gasteiger partial charge in [0.15, 0.2) is 0 Å². The molecule has 0 saturated heterocycles. The monoisotopic (exact) mass is 583 g/mol. The molecule has 5 heteroatoms. The molecule has 0 N–H and O–H groups in total. The minimum Gasteiger partial charge on any atom is -0.316 e. The van der Waals surface area contributed by atoms with Gasteiger partial charge >= 0.3 is 21.1 Å². The molecule has 154 valence electrons. The van der Waals surface area contributed by atoms with Gasteiger partial charge in [0.05, 0.1) is 5.69 Å². The van der Waals surface area contributed by atoms with E-state index in [1.54, 1.807) is 6.20 Å². The van der Waals surface area contributed by atoms with Crippen molar-refractivity contribution in [2.75, 3.05) is 0 Å². The van der Waals surface area contributed by atoms with E-state index in [-0.39, 0.29) is 26.5 Å². The third kappa shape index (κ3) is 3.96. The average molecular weight is 584 g/mol. The molecule has 0 aliphatic heterocycles. The van der Waals surface area contributed by atoms with Crippen LogP contribution in [0.5, 0.6) is 0 Å². The van der Waals surface area contributed by atoms with E-state index in [0.29, 0.717) is 0 Å². The molecule has 2 aromatic carbocycles. The molecule has 0 fully saturated rings. The first kappa shape index (κ1) is 21.1. The second kappa shape index (κ2) is 8.56. The molecular weight excluding hydrogens is 563 g/mol. The molecule has 0 unspecified atom stereocenters. The van der Waals surface area contributed by atoms with Gasteiger partial charge in [-0.05, 0) is 49.6 Å². The first-order valence-corrected chi connectivity index (χ1v) is 9.89. The summed E-state index contributed by atoms with van der Waals surface area (Å²) in [5.74, 6) is 0.